The summed E-state index contributed by atoms with van der Waals surface area (Å²) in [6.45, 7) is 3.21. The van der Waals surface area contributed by atoms with Crippen LogP contribution in [0, 0.1) is 6.92 Å². The number of urea groups is 1. The van der Waals surface area contributed by atoms with Crippen LogP contribution in [-0.2, 0) is 14.3 Å². The molecule has 0 aliphatic rings. The fourth-order valence-corrected chi connectivity index (χ4v) is 2.76. The summed E-state index contributed by atoms with van der Waals surface area (Å²) < 4.78 is 10.4. The van der Waals surface area contributed by atoms with Gasteiger partial charge in [-0.25, -0.2) is 9.59 Å². The Kier molecular flexibility index (Phi) is 9.23. The summed E-state index contributed by atoms with van der Waals surface area (Å²) in [6, 6.07) is 1.48. The van der Waals surface area contributed by atoms with Crippen LogP contribution in [0.25, 0.3) is 0 Å². The average Bonchev–Trinajstić information content (AvgIpc) is 2.60. The fourth-order valence-electron chi connectivity index (χ4n) is 2.13. The maximum absolute atomic E-state index is 12.4. The number of hydrogen-bond donors (Lipinski definition) is 3. The van der Waals surface area contributed by atoms with Crippen molar-refractivity contribution >= 4 is 47.0 Å². The number of rotatable bonds is 9. The van der Waals surface area contributed by atoms with E-state index in [0.29, 0.717) is 28.6 Å². The second kappa shape index (κ2) is 10.9. The number of hydrogen-bond acceptors (Lipinski definition) is 6. The van der Waals surface area contributed by atoms with E-state index in [1.165, 1.54) is 25.8 Å². The van der Waals surface area contributed by atoms with Gasteiger partial charge in [0.05, 0.1) is 12.8 Å². The SMILES string of the molecule is COc1cc(Cl)c(C)cc1NC(=O)[C@@H](C)OC(=O)[C@@H](CCSC)NC(N)=O. The van der Waals surface area contributed by atoms with E-state index in [1.807, 2.05) is 6.26 Å². The molecule has 0 bridgehead atoms. The van der Waals surface area contributed by atoms with Gasteiger partial charge in [-0.1, -0.05) is 11.6 Å². The zero-order valence-corrected chi connectivity index (χ0v) is 17.2. The van der Waals surface area contributed by atoms with E-state index in [1.54, 1.807) is 19.1 Å². The zero-order chi connectivity index (χ0) is 20.6. The van der Waals surface area contributed by atoms with E-state index in [-0.39, 0.29) is 0 Å². The quantitative estimate of drug-likeness (QED) is 0.530. The Morgan fingerprint density at radius 3 is 2.56 bits per heavy atom. The second-order valence-corrected chi connectivity index (χ2v) is 7.11. The van der Waals surface area contributed by atoms with Gasteiger partial charge in [-0.2, -0.15) is 11.8 Å². The number of esters is 1. The van der Waals surface area contributed by atoms with Gasteiger partial charge in [0.1, 0.15) is 11.8 Å². The largest absolute Gasteiger partial charge is 0.495 e. The van der Waals surface area contributed by atoms with E-state index >= 15 is 0 Å². The van der Waals surface area contributed by atoms with E-state index in [4.69, 9.17) is 26.8 Å². The minimum atomic E-state index is -1.09. The molecule has 3 amide bonds. The van der Waals surface area contributed by atoms with Gasteiger partial charge in [0, 0.05) is 11.1 Å². The molecule has 0 aromatic heterocycles. The van der Waals surface area contributed by atoms with Crippen molar-refractivity contribution < 1.29 is 23.9 Å². The van der Waals surface area contributed by atoms with Crippen LogP contribution in [0.3, 0.4) is 0 Å². The summed E-state index contributed by atoms with van der Waals surface area (Å²) in [6.07, 6.45) is 1.11. The van der Waals surface area contributed by atoms with Crippen LogP contribution in [0.5, 0.6) is 5.75 Å². The highest BCUT2D eigenvalue weighted by molar-refractivity contribution is 7.98. The summed E-state index contributed by atoms with van der Waals surface area (Å²) in [4.78, 5) is 35.7. The van der Waals surface area contributed by atoms with Gasteiger partial charge in [0.15, 0.2) is 6.10 Å². The summed E-state index contributed by atoms with van der Waals surface area (Å²) in [5.74, 6) is -0.288. The second-order valence-electron chi connectivity index (χ2n) is 5.71. The number of anilines is 1. The van der Waals surface area contributed by atoms with Crippen LogP contribution >= 0.6 is 23.4 Å². The molecule has 0 aliphatic heterocycles. The van der Waals surface area contributed by atoms with Gasteiger partial charge < -0.3 is 25.8 Å². The van der Waals surface area contributed by atoms with Crippen LogP contribution < -0.4 is 21.1 Å². The Hall–Kier alpha value is -2.13. The number of carbonyl (C=O) groups is 3. The van der Waals surface area contributed by atoms with E-state index < -0.39 is 30.1 Å². The fraction of sp³-hybridized carbons (Fsp3) is 0.471. The molecule has 8 nitrogen and oxygen atoms in total. The number of primary amides is 1. The first-order chi connectivity index (χ1) is 12.7. The third-order valence-electron chi connectivity index (χ3n) is 3.61. The van der Waals surface area contributed by atoms with Crippen molar-refractivity contribution in [2.45, 2.75) is 32.4 Å². The van der Waals surface area contributed by atoms with Crippen molar-refractivity contribution in [1.82, 2.24) is 5.32 Å². The molecule has 150 valence electrons. The number of amides is 3. The van der Waals surface area contributed by atoms with Crippen molar-refractivity contribution in [3.63, 3.8) is 0 Å². The van der Waals surface area contributed by atoms with Crippen LogP contribution in [0.2, 0.25) is 5.02 Å². The number of carbonyl (C=O) groups excluding carboxylic acids is 3. The molecule has 27 heavy (non-hydrogen) atoms. The van der Waals surface area contributed by atoms with Crippen LogP contribution in [0.15, 0.2) is 12.1 Å². The highest BCUT2D eigenvalue weighted by Gasteiger charge is 2.26. The summed E-state index contributed by atoms with van der Waals surface area (Å²) in [5, 5.41) is 5.47. The molecule has 1 aromatic rings. The van der Waals surface area contributed by atoms with Crippen molar-refractivity contribution in [2.24, 2.45) is 5.73 Å². The molecule has 0 saturated carbocycles. The summed E-state index contributed by atoms with van der Waals surface area (Å²) >= 11 is 7.55. The molecule has 0 fully saturated rings. The molecule has 0 aliphatic carbocycles. The van der Waals surface area contributed by atoms with Gasteiger partial charge in [0.2, 0.25) is 0 Å². The minimum absolute atomic E-state index is 0.335. The molecule has 0 spiro atoms. The van der Waals surface area contributed by atoms with Crippen LogP contribution in [0.4, 0.5) is 10.5 Å². The van der Waals surface area contributed by atoms with Crippen LogP contribution in [0.1, 0.15) is 18.9 Å². The van der Waals surface area contributed by atoms with Gasteiger partial charge in [0.25, 0.3) is 5.91 Å². The number of ether oxygens (including phenoxy) is 2. The highest BCUT2D eigenvalue weighted by Crippen LogP contribution is 2.31. The number of thioether (sulfide) groups is 1. The van der Waals surface area contributed by atoms with Crippen molar-refractivity contribution in [2.75, 3.05) is 24.4 Å². The monoisotopic (exact) mass is 417 g/mol. The predicted molar refractivity (Wildman–Crippen MR) is 106 cm³/mol. The molecule has 1 rings (SSSR count). The van der Waals surface area contributed by atoms with Gasteiger partial charge in [-0.15, -0.1) is 0 Å². The van der Waals surface area contributed by atoms with Crippen molar-refractivity contribution in [3.05, 3.63) is 22.7 Å². The topological polar surface area (TPSA) is 120 Å². The maximum Gasteiger partial charge on any atom is 0.329 e. The molecule has 10 heteroatoms. The van der Waals surface area contributed by atoms with Crippen molar-refractivity contribution in [1.29, 1.82) is 0 Å². The lowest BCUT2D eigenvalue weighted by molar-refractivity contribution is -0.155. The average molecular weight is 418 g/mol. The van der Waals surface area contributed by atoms with Gasteiger partial charge >= 0.3 is 12.0 Å². The number of methoxy groups -OCH3 is 1. The number of halogens is 1. The molecule has 2 atom stereocenters. The lowest BCUT2D eigenvalue weighted by Crippen LogP contribution is -2.46. The van der Waals surface area contributed by atoms with Crippen LogP contribution in [-0.4, -0.2) is 49.2 Å². The maximum atomic E-state index is 12.4. The first kappa shape index (κ1) is 22.9. The summed E-state index contributed by atoms with van der Waals surface area (Å²) in [7, 11) is 1.45. The Morgan fingerprint density at radius 1 is 1.33 bits per heavy atom. The molecule has 4 N–H and O–H groups in total. The summed E-state index contributed by atoms with van der Waals surface area (Å²) in [5.41, 5.74) is 6.24. The standard InChI is InChI=1S/C17H24ClN3O5S/c1-9-7-13(14(25-3)8-11(9)18)20-15(22)10(2)26-16(23)12(5-6-27-4)21-17(19)24/h7-8,10,12H,5-6H2,1-4H3,(H,20,22)(H3,19,21,24)/t10-,12-/m1/s1. The number of aryl methyl sites for hydroxylation is 1. The Labute approximate surface area is 167 Å². The zero-order valence-electron chi connectivity index (χ0n) is 15.6. The van der Waals surface area contributed by atoms with E-state index in [9.17, 15) is 14.4 Å². The molecule has 0 unspecified atom stereocenters. The molecule has 0 heterocycles. The number of nitrogens with two attached hydrogens (primary N) is 1. The van der Waals surface area contributed by atoms with Gasteiger partial charge in [-0.3, -0.25) is 4.79 Å². The van der Waals surface area contributed by atoms with Gasteiger partial charge in [-0.05, 0) is 43.9 Å². The lowest BCUT2D eigenvalue weighted by atomic mass is 10.2. The Balaban J connectivity index is 2.79. The predicted octanol–water partition coefficient (Wildman–Crippen LogP) is 2.32. The molecule has 0 saturated heterocycles. The molecule has 0 radical (unpaired) electrons. The molecular formula is C17H24ClN3O5S. The lowest BCUT2D eigenvalue weighted by Gasteiger charge is -2.20. The molecule has 1 aromatic carbocycles. The Bertz CT molecular complexity index is 701. The highest BCUT2D eigenvalue weighted by atomic mass is 35.5. The van der Waals surface area contributed by atoms with E-state index in [0.717, 1.165) is 5.56 Å². The Morgan fingerprint density at radius 2 is 2.00 bits per heavy atom. The van der Waals surface area contributed by atoms with E-state index in [2.05, 4.69) is 10.6 Å². The number of benzene rings is 1. The molecular weight excluding hydrogens is 394 g/mol. The minimum Gasteiger partial charge on any atom is -0.495 e. The first-order valence-corrected chi connectivity index (χ1v) is 9.87. The third kappa shape index (κ3) is 7.18. The van der Waals surface area contributed by atoms with Crippen molar-refractivity contribution in [3.8, 4) is 5.75 Å². The smallest absolute Gasteiger partial charge is 0.329 e. The number of nitrogens with one attached hydrogen (secondary N) is 2. The first-order valence-electron chi connectivity index (χ1n) is 8.10. The third-order valence-corrected chi connectivity index (χ3v) is 4.66. The normalized spacial score (nSPS) is 12.6.